The van der Waals surface area contributed by atoms with Gasteiger partial charge in [-0.25, -0.2) is 0 Å². The van der Waals surface area contributed by atoms with Gasteiger partial charge in [-0.05, 0) is 111 Å². The molecule has 85 heavy (non-hydrogen) atoms. The van der Waals surface area contributed by atoms with E-state index in [0.717, 1.165) is 102 Å². The number of ether oxygens (including phenoxy) is 2. The van der Waals surface area contributed by atoms with Gasteiger partial charge in [0, 0.05) is 0 Å². The maximum absolute atomic E-state index is 16.5. The summed E-state index contributed by atoms with van der Waals surface area (Å²) in [7, 11) is 0. The Balaban J connectivity index is 1.60. The largest absolute Gasteiger partial charge is 0.494 e. The lowest BCUT2D eigenvalue weighted by molar-refractivity contribution is -0.127. The summed E-state index contributed by atoms with van der Waals surface area (Å²) in [5, 5.41) is 4.09. The number of para-hydroxylation sites is 2. The molecular formula is C75H119NO3P2S4+2. The molecule has 0 aliphatic heterocycles. The Labute approximate surface area is 543 Å². The molecule has 10 heteroatoms. The van der Waals surface area contributed by atoms with E-state index in [0.29, 0.717) is 0 Å². The first-order chi connectivity index (χ1) is 42.0. The molecule has 0 heterocycles. The van der Waals surface area contributed by atoms with Gasteiger partial charge in [-0.1, -0.05) is 311 Å². The third-order valence-electron chi connectivity index (χ3n) is 17.7. The molecule has 0 aromatic heterocycles. The first-order valence-corrected chi connectivity index (χ1v) is 42.3. The Morgan fingerprint density at radius 2 is 0.765 bits per heavy atom. The lowest BCUT2D eigenvalue weighted by atomic mass is 9.75. The molecule has 0 aliphatic rings. The van der Waals surface area contributed by atoms with E-state index in [2.05, 4.69) is 74.6 Å². The molecule has 0 aliphatic carbocycles. The van der Waals surface area contributed by atoms with Gasteiger partial charge in [0.2, 0.25) is 19.0 Å². The third-order valence-corrected chi connectivity index (χ3v) is 23.9. The van der Waals surface area contributed by atoms with Crippen LogP contribution in [0.1, 0.15) is 300 Å². The van der Waals surface area contributed by atoms with Gasteiger partial charge in [0.25, 0.3) is 0 Å². The Hall–Kier alpha value is -2.31. The van der Waals surface area contributed by atoms with Crippen molar-refractivity contribution in [2.24, 2.45) is 5.92 Å². The minimum absolute atomic E-state index is 0.214. The normalized spacial score (nSPS) is 13.4. The van der Waals surface area contributed by atoms with Crippen LogP contribution < -0.4 is 14.8 Å². The average molecular weight is 1270 g/mol. The summed E-state index contributed by atoms with van der Waals surface area (Å²) in [5.74, 6) is 1.97. The summed E-state index contributed by atoms with van der Waals surface area (Å²) >= 11 is 16.1. The van der Waals surface area contributed by atoms with E-state index in [4.69, 9.17) is 33.1 Å². The molecule has 1 amide bonds. The Kier molecular flexibility index (Phi) is 44.6. The predicted octanol–water partition coefficient (Wildman–Crippen LogP) is 25.0. The fraction of sp³-hybridized carbons (Fsp3) is 0.667. The molecule has 0 radical (unpaired) electrons. The highest BCUT2D eigenvalue weighted by molar-refractivity contribution is 8.58. The van der Waals surface area contributed by atoms with Gasteiger partial charge in [-0.15, -0.1) is 0 Å². The van der Waals surface area contributed by atoms with Crippen LogP contribution in [0.25, 0.3) is 0 Å². The number of aryl methyl sites for hydroxylation is 2. The summed E-state index contributed by atoms with van der Waals surface area (Å²) in [6, 6.07) is 39.0. The molecule has 0 saturated carbocycles. The van der Waals surface area contributed by atoms with Crippen LogP contribution in [0, 0.1) is 5.92 Å². The van der Waals surface area contributed by atoms with Gasteiger partial charge in [-0.3, -0.25) is 4.79 Å². The monoisotopic (exact) mass is 1270 g/mol. The van der Waals surface area contributed by atoms with Crippen molar-refractivity contribution in [3.63, 3.8) is 0 Å². The van der Waals surface area contributed by atoms with E-state index in [9.17, 15) is 0 Å². The van der Waals surface area contributed by atoms with Gasteiger partial charge >= 0.3 is 0 Å². The van der Waals surface area contributed by atoms with Crippen LogP contribution in [0.3, 0.4) is 0 Å². The minimum Gasteiger partial charge on any atom is -0.494 e. The highest BCUT2D eigenvalue weighted by atomic mass is 32.9. The smallest absolute Gasteiger partial charge is 0.233 e. The fourth-order valence-corrected chi connectivity index (χ4v) is 20.0. The number of rotatable bonds is 57. The number of benzene rings is 4. The van der Waals surface area contributed by atoms with E-state index in [1.165, 1.54) is 215 Å². The number of hydrogen-bond donors (Lipinski definition) is 1. The van der Waals surface area contributed by atoms with Crippen molar-refractivity contribution >= 4 is 65.4 Å². The van der Waals surface area contributed by atoms with E-state index in [1.807, 2.05) is 83.4 Å². The quantitative estimate of drug-likeness (QED) is 0.0268. The van der Waals surface area contributed by atoms with Crippen LogP contribution in [-0.2, 0) is 50.9 Å². The highest BCUT2D eigenvalue weighted by Gasteiger charge is 2.51. The van der Waals surface area contributed by atoms with Crippen molar-refractivity contribution < 1.29 is 14.3 Å². The van der Waals surface area contributed by atoms with Crippen LogP contribution in [0.4, 0.5) is 0 Å². The molecule has 4 aromatic rings. The van der Waals surface area contributed by atoms with Crippen molar-refractivity contribution in [1.29, 1.82) is 0 Å². The summed E-state index contributed by atoms with van der Waals surface area (Å²) in [6.07, 6.45) is 50.6. The average Bonchev–Trinajstić information content (AvgIpc) is 2.02. The number of unbranched alkanes of at least 4 members (excludes halogenated alkanes) is 32. The van der Waals surface area contributed by atoms with Crippen LogP contribution >= 0.6 is 35.9 Å². The summed E-state index contributed by atoms with van der Waals surface area (Å²) in [4.78, 5) is 15.9. The molecule has 4 aromatic carbocycles. The number of carbonyl (C=O) groups excluding carboxylic acids is 1. The first-order valence-electron chi connectivity index (χ1n) is 34.9. The third kappa shape index (κ3) is 31.8. The fourth-order valence-electron chi connectivity index (χ4n) is 12.7. The molecule has 0 bridgehead atoms. The second-order valence-electron chi connectivity index (χ2n) is 24.6. The zero-order valence-electron chi connectivity index (χ0n) is 53.9. The molecule has 4 nitrogen and oxygen atoms in total. The van der Waals surface area contributed by atoms with Crippen molar-refractivity contribution in [2.45, 2.75) is 300 Å². The van der Waals surface area contributed by atoms with E-state index in [-0.39, 0.29) is 24.9 Å². The molecule has 4 rings (SSSR count). The van der Waals surface area contributed by atoms with Crippen LogP contribution in [0.2, 0.25) is 0 Å². The molecule has 5 unspecified atom stereocenters. The van der Waals surface area contributed by atoms with Crippen LogP contribution in [0.5, 0.6) is 11.5 Å². The van der Waals surface area contributed by atoms with Crippen molar-refractivity contribution in [1.82, 2.24) is 5.32 Å². The Bertz CT molecular complexity index is 2260. The van der Waals surface area contributed by atoms with Gasteiger partial charge in [0.1, 0.15) is 34.3 Å². The number of nitrogens with one attached hydrogen (secondary N) is 1. The van der Waals surface area contributed by atoms with Gasteiger partial charge in [0.05, 0.1) is 23.9 Å². The van der Waals surface area contributed by atoms with Crippen LogP contribution in [-0.4, -0.2) is 19.1 Å². The summed E-state index contributed by atoms with van der Waals surface area (Å²) in [6.45, 7) is 9.02. The van der Waals surface area contributed by atoms with Gasteiger partial charge in [0.15, 0.2) is 28.5 Å². The second-order valence-corrected chi connectivity index (χ2v) is 32.0. The Morgan fingerprint density at radius 3 is 1.21 bits per heavy atom. The highest BCUT2D eigenvalue weighted by Crippen LogP contribution is 2.56. The SMILES string of the molecule is CCCCCCCCCCC(NC(=O)C(CCCCCCC)C(CCCCCCCCCC)(S[PH+]=S)c1ccccc1CCCCCCCCCCOc1ccccc1)(S[PH+]=S)c1ccccc1CCCCCCCCCCOc1ccccc1. The topological polar surface area (TPSA) is 47.6 Å². The summed E-state index contributed by atoms with van der Waals surface area (Å²) in [5.41, 5.74) is 5.53. The number of amides is 1. The van der Waals surface area contributed by atoms with E-state index < -0.39 is 9.62 Å². The standard InChI is InChI=1S/C75H117NO3P2S4/c1-4-7-10-13-15-23-30-47-62-74(84-80-82,70-59-45-43-53-66(70)51-36-28-21-17-19-25-32-49-64-78-68-55-38-34-39-56-68)72(61-42-27-12-9-6-3)73(77)76-75(85-81-83,63-48-31-24-16-14-11-8-5-2)71-60-46-44-54-67(71)52-37-29-22-18-20-26-33-50-65-79-69-57-40-35-41-58-69/h34-35,38-41,43-46,53-60,72H,4-33,36-37,42,47-52,61-65H2,1-3H3,(H,76,77)/p+2. The molecule has 474 valence electrons. The van der Waals surface area contributed by atoms with Crippen molar-refractivity contribution in [2.75, 3.05) is 13.2 Å². The molecule has 0 saturated heterocycles. The van der Waals surface area contributed by atoms with Gasteiger partial charge < -0.3 is 14.8 Å². The van der Waals surface area contributed by atoms with Gasteiger partial charge in [-0.2, -0.15) is 0 Å². The first kappa shape index (κ1) is 75.2. The predicted molar refractivity (Wildman–Crippen MR) is 387 cm³/mol. The van der Waals surface area contributed by atoms with Crippen molar-refractivity contribution in [3.8, 4) is 11.5 Å². The maximum atomic E-state index is 16.5. The second kappa shape index (κ2) is 50.4. The minimum atomic E-state index is -0.596. The zero-order valence-corrected chi connectivity index (χ0v) is 59.2. The van der Waals surface area contributed by atoms with Crippen molar-refractivity contribution in [3.05, 3.63) is 131 Å². The van der Waals surface area contributed by atoms with E-state index in [1.54, 1.807) is 0 Å². The maximum Gasteiger partial charge on any atom is 0.233 e. The number of carbonyl (C=O) groups is 1. The molecule has 0 fully saturated rings. The zero-order chi connectivity index (χ0) is 60.4. The molecule has 0 spiro atoms. The lowest BCUT2D eigenvalue weighted by Gasteiger charge is -2.40. The summed E-state index contributed by atoms with van der Waals surface area (Å²) < 4.78 is 11.5. The lowest BCUT2D eigenvalue weighted by Crippen LogP contribution is -2.50. The molecule has 5 atom stereocenters. The molecule has 1 N–H and O–H groups in total. The van der Waals surface area contributed by atoms with E-state index >= 15 is 4.79 Å². The Morgan fingerprint density at radius 1 is 0.412 bits per heavy atom. The molecular weight excluding hydrogens is 1150 g/mol. The number of hydrogen-bond acceptors (Lipinski definition) is 7. The van der Waals surface area contributed by atoms with Crippen LogP contribution in [0.15, 0.2) is 109 Å².